The van der Waals surface area contributed by atoms with E-state index in [1.54, 1.807) is 0 Å². The molecular weight excluding hydrogens is 222 g/mol. The van der Waals surface area contributed by atoms with Crippen LogP contribution in [0, 0.1) is 22.7 Å². The highest BCUT2D eigenvalue weighted by Crippen LogP contribution is 2.14. The molecule has 0 spiro atoms. The van der Waals surface area contributed by atoms with Gasteiger partial charge in [0.15, 0.2) is 0 Å². The van der Waals surface area contributed by atoms with Crippen molar-refractivity contribution < 1.29 is 9.53 Å². The molecule has 17 heavy (non-hydrogen) atoms. The number of ether oxygens (including phenoxy) is 1. The van der Waals surface area contributed by atoms with Crippen molar-refractivity contribution in [3.63, 3.8) is 0 Å². The Kier molecular flexibility index (Phi) is 4.48. The average molecular weight is 237 g/mol. The molecule has 0 aromatic rings. The van der Waals surface area contributed by atoms with Crippen LogP contribution >= 0.6 is 0 Å². The maximum absolute atomic E-state index is 11.0. The van der Waals surface area contributed by atoms with Crippen molar-refractivity contribution in [3.05, 3.63) is 11.8 Å². The van der Waals surface area contributed by atoms with Crippen molar-refractivity contribution in [2.45, 2.75) is 12.5 Å². The number of amidine groups is 1. The van der Waals surface area contributed by atoms with Crippen molar-refractivity contribution in [2.75, 3.05) is 13.2 Å². The van der Waals surface area contributed by atoms with Gasteiger partial charge in [0.25, 0.3) is 5.91 Å². The Balaban J connectivity index is 2.70. The average Bonchev–Trinajstić information content (AvgIpc) is 2.29. The molecule has 1 amide bonds. The van der Waals surface area contributed by atoms with Crippen LogP contribution < -0.4 is 16.8 Å². The molecule has 7 nitrogen and oxygen atoms in total. The number of amides is 1. The molecule has 1 heterocycles. The van der Waals surface area contributed by atoms with Crippen molar-refractivity contribution in [1.82, 2.24) is 5.32 Å². The van der Waals surface area contributed by atoms with Gasteiger partial charge in [0, 0.05) is 12.8 Å². The number of hydrogen-bond donors (Lipinski definition) is 4. The second kappa shape index (κ2) is 5.86. The van der Waals surface area contributed by atoms with Gasteiger partial charge in [-0.3, -0.25) is 10.2 Å². The molecule has 7 heteroatoms. The highest BCUT2D eigenvalue weighted by Gasteiger charge is 2.24. The van der Waals surface area contributed by atoms with E-state index in [1.165, 1.54) is 6.20 Å². The fraction of sp³-hybridized carbons (Fsp3) is 0.500. The molecule has 92 valence electrons. The molecule has 0 saturated carbocycles. The first-order valence-corrected chi connectivity index (χ1v) is 5.14. The normalized spacial score (nSPS) is 24.8. The maximum atomic E-state index is 11.0. The van der Waals surface area contributed by atoms with Gasteiger partial charge in [-0.25, -0.2) is 0 Å². The van der Waals surface area contributed by atoms with E-state index >= 15 is 0 Å². The van der Waals surface area contributed by atoms with Crippen molar-refractivity contribution in [1.29, 1.82) is 10.7 Å². The Morgan fingerprint density at radius 1 is 1.59 bits per heavy atom. The van der Waals surface area contributed by atoms with Gasteiger partial charge >= 0.3 is 0 Å². The molecular formula is C10H15N5O2. The Labute approximate surface area is 98.9 Å². The molecule has 0 unspecified atom stereocenters. The minimum Gasteiger partial charge on any atom is -0.384 e. The smallest absolute Gasteiger partial charge is 0.253 e. The number of carbonyl (C=O) groups excluding carboxylic acids is 1. The van der Waals surface area contributed by atoms with E-state index in [0.717, 1.165) is 0 Å². The third-order valence-electron chi connectivity index (χ3n) is 2.52. The van der Waals surface area contributed by atoms with Crippen LogP contribution in [0.5, 0.6) is 0 Å². The van der Waals surface area contributed by atoms with Crippen LogP contribution in [0.25, 0.3) is 0 Å². The number of carbonyl (C=O) groups is 1. The standard InChI is InChI=1S/C10H15N5O2/c11-3-6-1-2-17-5-8(6)15-4-7(9(12)13)10(14)16/h4,6,8,15H,1-2,5H2,(H3,12,13)(H2,14,16)/b7-4+/t6-,8+/m1/s1. The Morgan fingerprint density at radius 2 is 2.29 bits per heavy atom. The zero-order valence-corrected chi connectivity index (χ0v) is 9.27. The fourth-order valence-electron chi connectivity index (χ4n) is 1.53. The molecule has 1 saturated heterocycles. The molecule has 1 rings (SSSR count). The molecule has 0 aromatic heterocycles. The molecule has 1 fully saturated rings. The summed E-state index contributed by atoms with van der Waals surface area (Å²) in [6.07, 6.45) is 1.91. The number of nitriles is 1. The van der Waals surface area contributed by atoms with Crippen LogP contribution in [0.3, 0.4) is 0 Å². The zero-order chi connectivity index (χ0) is 12.8. The fourth-order valence-corrected chi connectivity index (χ4v) is 1.53. The lowest BCUT2D eigenvalue weighted by Crippen LogP contribution is -2.41. The topological polar surface area (TPSA) is 138 Å². The molecule has 1 aliphatic heterocycles. The summed E-state index contributed by atoms with van der Waals surface area (Å²) in [4.78, 5) is 11.0. The van der Waals surface area contributed by atoms with E-state index in [2.05, 4.69) is 11.4 Å². The lowest BCUT2D eigenvalue weighted by molar-refractivity contribution is -0.114. The van der Waals surface area contributed by atoms with Crippen LogP contribution in [0.1, 0.15) is 6.42 Å². The first-order chi connectivity index (χ1) is 8.06. The highest BCUT2D eigenvalue weighted by atomic mass is 16.5. The van der Waals surface area contributed by atoms with E-state index in [0.29, 0.717) is 19.6 Å². The minimum absolute atomic E-state index is 0.104. The van der Waals surface area contributed by atoms with Crippen LogP contribution in [-0.2, 0) is 9.53 Å². The quantitative estimate of drug-likeness (QED) is 0.276. The Bertz CT molecular complexity index is 369. The van der Waals surface area contributed by atoms with Gasteiger partial charge in [-0.05, 0) is 6.42 Å². The number of nitrogens with one attached hydrogen (secondary N) is 2. The summed E-state index contributed by atoms with van der Waals surface area (Å²) in [5.74, 6) is -1.38. The number of nitrogens with two attached hydrogens (primary N) is 2. The third kappa shape index (κ3) is 3.46. The summed E-state index contributed by atoms with van der Waals surface area (Å²) >= 11 is 0. The van der Waals surface area contributed by atoms with E-state index < -0.39 is 11.7 Å². The third-order valence-corrected chi connectivity index (χ3v) is 2.52. The second-order valence-electron chi connectivity index (χ2n) is 3.71. The van der Waals surface area contributed by atoms with Crippen LogP contribution in [-0.4, -0.2) is 31.0 Å². The van der Waals surface area contributed by atoms with Gasteiger partial charge in [0.1, 0.15) is 5.84 Å². The summed E-state index contributed by atoms with van der Waals surface area (Å²) in [6, 6.07) is 1.94. The molecule has 0 aliphatic carbocycles. The van der Waals surface area contributed by atoms with E-state index in [4.69, 9.17) is 26.9 Å². The maximum Gasteiger partial charge on any atom is 0.253 e. The number of primary amides is 1. The summed E-state index contributed by atoms with van der Waals surface area (Å²) in [7, 11) is 0. The van der Waals surface area contributed by atoms with Gasteiger partial charge in [0.05, 0.1) is 30.2 Å². The van der Waals surface area contributed by atoms with Gasteiger partial charge in [0.2, 0.25) is 0 Å². The van der Waals surface area contributed by atoms with Crippen molar-refractivity contribution in [3.8, 4) is 6.07 Å². The van der Waals surface area contributed by atoms with Gasteiger partial charge in [-0.15, -0.1) is 0 Å². The predicted molar refractivity (Wildman–Crippen MR) is 60.7 cm³/mol. The first kappa shape index (κ1) is 13.0. The van der Waals surface area contributed by atoms with Gasteiger partial charge in [-0.2, -0.15) is 5.26 Å². The van der Waals surface area contributed by atoms with Gasteiger partial charge in [-0.1, -0.05) is 0 Å². The lowest BCUT2D eigenvalue weighted by atomic mass is 9.96. The zero-order valence-electron chi connectivity index (χ0n) is 9.27. The monoisotopic (exact) mass is 237 g/mol. The molecule has 1 aliphatic rings. The van der Waals surface area contributed by atoms with Crippen LogP contribution in [0.15, 0.2) is 11.8 Å². The van der Waals surface area contributed by atoms with E-state index in [9.17, 15) is 4.79 Å². The van der Waals surface area contributed by atoms with Crippen LogP contribution in [0.2, 0.25) is 0 Å². The summed E-state index contributed by atoms with van der Waals surface area (Å²) in [5, 5.41) is 18.9. The molecule has 0 aromatic carbocycles. The molecule has 2 atom stereocenters. The Hall–Kier alpha value is -2.07. The predicted octanol–water partition coefficient (Wildman–Crippen LogP) is -1.19. The highest BCUT2D eigenvalue weighted by molar-refractivity contribution is 6.18. The van der Waals surface area contributed by atoms with E-state index in [1.807, 2.05) is 0 Å². The number of rotatable bonds is 4. The lowest BCUT2D eigenvalue weighted by Gasteiger charge is -2.27. The Morgan fingerprint density at radius 3 is 2.82 bits per heavy atom. The SMILES string of the molecule is N#C[C@H]1CCOC[C@@H]1N/C=C(\C(=N)N)C(N)=O. The number of nitrogens with zero attached hydrogens (tertiary/aromatic N) is 1. The summed E-state index contributed by atoms with van der Waals surface area (Å²) < 4.78 is 5.22. The van der Waals surface area contributed by atoms with Crippen molar-refractivity contribution in [2.24, 2.45) is 17.4 Å². The molecule has 0 radical (unpaired) electrons. The molecule has 6 N–H and O–H groups in total. The summed E-state index contributed by atoms with van der Waals surface area (Å²) in [6.45, 7) is 0.925. The van der Waals surface area contributed by atoms with E-state index in [-0.39, 0.29) is 17.5 Å². The number of hydrogen-bond acceptors (Lipinski definition) is 5. The van der Waals surface area contributed by atoms with Gasteiger partial charge < -0.3 is 21.5 Å². The largest absolute Gasteiger partial charge is 0.384 e. The molecule has 0 bridgehead atoms. The van der Waals surface area contributed by atoms with Crippen LogP contribution in [0.4, 0.5) is 0 Å². The summed E-state index contributed by atoms with van der Waals surface area (Å²) in [5.41, 5.74) is 10.2. The minimum atomic E-state index is -0.782. The second-order valence-corrected chi connectivity index (χ2v) is 3.71. The van der Waals surface area contributed by atoms with Crippen molar-refractivity contribution >= 4 is 11.7 Å². The first-order valence-electron chi connectivity index (χ1n) is 5.14.